The van der Waals surface area contributed by atoms with Crippen molar-refractivity contribution in [3.63, 3.8) is 0 Å². The van der Waals surface area contributed by atoms with E-state index in [0.29, 0.717) is 39.3 Å². The van der Waals surface area contributed by atoms with Crippen LogP contribution in [-0.2, 0) is 22.5 Å². The number of methoxy groups -OCH3 is 1. The van der Waals surface area contributed by atoms with Crippen LogP contribution in [0.25, 0.3) is 0 Å². The van der Waals surface area contributed by atoms with Gasteiger partial charge in [0, 0.05) is 19.6 Å². The molecular formula is C21H26N2O3. The van der Waals surface area contributed by atoms with Crippen molar-refractivity contribution in [1.82, 2.24) is 10.2 Å². The third-order valence-corrected chi connectivity index (χ3v) is 4.62. The lowest BCUT2D eigenvalue weighted by atomic mass is 10.0. The monoisotopic (exact) mass is 354 g/mol. The lowest BCUT2D eigenvalue weighted by Crippen LogP contribution is -2.51. The van der Waals surface area contributed by atoms with Gasteiger partial charge in [-0.15, -0.1) is 0 Å². The van der Waals surface area contributed by atoms with Gasteiger partial charge in [-0.25, -0.2) is 0 Å². The lowest BCUT2D eigenvalue weighted by Gasteiger charge is -2.31. The zero-order valence-corrected chi connectivity index (χ0v) is 15.2. The molecule has 0 bridgehead atoms. The van der Waals surface area contributed by atoms with Gasteiger partial charge in [0.25, 0.3) is 0 Å². The van der Waals surface area contributed by atoms with E-state index in [0.717, 1.165) is 16.9 Å². The highest BCUT2D eigenvalue weighted by atomic mass is 16.5. The highest BCUT2D eigenvalue weighted by Gasteiger charge is 2.25. The Bertz CT molecular complexity index is 682. The minimum atomic E-state index is -0.252. The van der Waals surface area contributed by atoms with E-state index in [-0.39, 0.29) is 11.9 Å². The lowest BCUT2D eigenvalue weighted by molar-refractivity contribution is -0.137. The molecule has 0 radical (unpaired) electrons. The summed E-state index contributed by atoms with van der Waals surface area (Å²) in [5, 5.41) is 3.45. The molecule has 1 N–H and O–H groups in total. The molecule has 1 atom stereocenters. The van der Waals surface area contributed by atoms with Crippen LogP contribution < -0.4 is 10.1 Å². The number of morpholine rings is 1. The molecule has 1 fully saturated rings. The van der Waals surface area contributed by atoms with Gasteiger partial charge in [0.05, 0.1) is 26.4 Å². The van der Waals surface area contributed by atoms with Crippen LogP contribution in [-0.4, -0.2) is 50.3 Å². The summed E-state index contributed by atoms with van der Waals surface area (Å²) in [6, 6.07) is 17.8. The van der Waals surface area contributed by atoms with E-state index in [1.165, 1.54) is 0 Å². The molecule has 1 unspecified atom stereocenters. The molecule has 1 aliphatic rings. The van der Waals surface area contributed by atoms with Gasteiger partial charge in [0.15, 0.2) is 0 Å². The molecule has 26 heavy (non-hydrogen) atoms. The van der Waals surface area contributed by atoms with Crippen LogP contribution in [0.2, 0.25) is 0 Å². The summed E-state index contributed by atoms with van der Waals surface area (Å²) in [6.07, 6.45) is 0.674. The second-order valence-electron chi connectivity index (χ2n) is 6.41. The van der Waals surface area contributed by atoms with Crippen LogP contribution in [0.5, 0.6) is 5.75 Å². The SMILES string of the molecule is COc1ccc(CNC(Cc2ccccc2)C(=O)N2CCOCC2)cc1. The number of carbonyl (C=O) groups is 1. The standard InChI is InChI=1S/C21H26N2O3/c1-25-19-9-7-18(8-10-19)16-22-20(15-17-5-3-2-4-6-17)21(24)23-11-13-26-14-12-23/h2-10,20,22H,11-16H2,1H3. The first kappa shape index (κ1) is 18.4. The van der Waals surface area contributed by atoms with Crippen LogP contribution >= 0.6 is 0 Å². The number of rotatable bonds is 7. The van der Waals surface area contributed by atoms with Gasteiger partial charge in [-0.2, -0.15) is 0 Å². The van der Waals surface area contributed by atoms with E-state index in [4.69, 9.17) is 9.47 Å². The van der Waals surface area contributed by atoms with E-state index in [1.54, 1.807) is 7.11 Å². The smallest absolute Gasteiger partial charge is 0.240 e. The molecule has 1 saturated heterocycles. The van der Waals surface area contributed by atoms with Crippen molar-refractivity contribution < 1.29 is 14.3 Å². The van der Waals surface area contributed by atoms with E-state index >= 15 is 0 Å². The molecule has 0 spiro atoms. The van der Waals surface area contributed by atoms with Crippen LogP contribution in [0, 0.1) is 0 Å². The number of nitrogens with one attached hydrogen (secondary N) is 1. The topological polar surface area (TPSA) is 50.8 Å². The molecule has 0 aromatic heterocycles. The van der Waals surface area contributed by atoms with Crippen LogP contribution in [0.15, 0.2) is 54.6 Å². The largest absolute Gasteiger partial charge is 0.497 e. The first-order valence-electron chi connectivity index (χ1n) is 9.03. The van der Waals surface area contributed by atoms with Crippen molar-refractivity contribution in [2.24, 2.45) is 0 Å². The first-order valence-corrected chi connectivity index (χ1v) is 9.03. The van der Waals surface area contributed by atoms with Crippen molar-refractivity contribution in [2.75, 3.05) is 33.4 Å². The van der Waals surface area contributed by atoms with Gasteiger partial charge in [0.2, 0.25) is 5.91 Å². The minimum Gasteiger partial charge on any atom is -0.497 e. The molecule has 0 aliphatic carbocycles. The van der Waals surface area contributed by atoms with E-state index in [1.807, 2.05) is 47.4 Å². The Balaban J connectivity index is 1.67. The Labute approximate surface area is 154 Å². The number of amides is 1. The van der Waals surface area contributed by atoms with Crippen molar-refractivity contribution in [2.45, 2.75) is 19.0 Å². The molecule has 5 nitrogen and oxygen atoms in total. The number of nitrogens with zero attached hydrogens (tertiary/aromatic N) is 1. The van der Waals surface area contributed by atoms with Crippen molar-refractivity contribution >= 4 is 5.91 Å². The highest BCUT2D eigenvalue weighted by Crippen LogP contribution is 2.13. The van der Waals surface area contributed by atoms with Gasteiger partial charge < -0.3 is 19.7 Å². The predicted molar refractivity (Wildman–Crippen MR) is 101 cm³/mol. The maximum atomic E-state index is 13.0. The molecule has 2 aromatic rings. The van der Waals surface area contributed by atoms with Gasteiger partial charge in [0.1, 0.15) is 5.75 Å². The predicted octanol–water partition coefficient (Wildman–Crippen LogP) is 2.25. The molecule has 1 amide bonds. The maximum Gasteiger partial charge on any atom is 0.240 e. The molecular weight excluding hydrogens is 328 g/mol. The van der Waals surface area contributed by atoms with Crippen molar-refractivity contribution in [3.8, 4) is 5.75 Å². The van der Waals surface area contributed by atoms with Gasteiger partial charge in [-0.05, 0) is 29.7 Å². The molecule has 138 valence electrons. The van der Waals surface area contributed by atoms with Crippen LogP contribution in [0.3, 0.4) is 0 Å². The Kier molecular flexibility index (Phi) is 6.63. The summed E-state index contributed by atoms with van der Waals surface area (Å²) in [7, 11) is 1.66. The van der Waals surface area contributed by atoms with E-state index in [9.17, 15) is 4.79 Å². The summed E-state index contributed by atoms with van der Waals surface area (Å²) < 4.78 is 10.6. The maximum absolute atomic E-state index is 13.0. The average molecular weight is 354 g/mol. The number of ether oxygens (including phenoxy) is 2. The normalized spacial score (nSPS) is 15.5. The Hall–Kier alpha value is -2.37. The zero-order chi connectivity index (χ0) is 18.2. The average Bonchev–Trinajstić information content (AvgIpc) is 2.72. The number of hydrogen-bond donors (Lipinski definition) is 1. The third-order valence-electron chi connectivity index (χ3n) is 4.62. The number of hydrogen-bond acceptors (Lipinski definition) is 4. The van der Waals surface area contributed by atoms with Crippen molar-refractivity contribution in [1.29, 1.82) is 0 Å². The Morgan fingerprint density at radius 2 is 1.77 bits per heavy atom. The molecule has 2 aromatic carbocycles. The third kappa shape index (κ3) is 5.07. The fraction of sp³-hybridized carbons (Fsp3) is 0.381. The Morgan fingerprint density at radius 1 is 1.08 bits per heavy atom. The summed E-state index contributed by atoms with van der Waals surface area (Å²) in [6.45, 7) is 3.19. The molecule has 5 heteroatoms. The quantitative estimate of drug-likeness (QED) is 0.829. The number of benzene rings is 2. The second kappa shape index (κ2) is 9.36. The van der Waals surface area contributed by atoms with E-state index in [2.05, 4.69) is 17.4 Å². The summed E-state index contributed by atoms with van der Waals surface area (Å²) in [4.78, 5) is 14.9. The van der Waals surface area contributed by atoms with Gasteiger partial charge in [-0.1, -0.05) is 42.5 Å². The molecule has 1 heterocycles. The fourth-order valence-electron chi connectivity index (χ4n) is 3.09. The highest BCUT2D eigenvalue weighted by molar-refractivity contribution is 5.82. The second-order valence-corrected chi connectivity index (χ2v) is 6.41. The fourth-order valence-corrected chi connectivity index (χ4v) is 3.09. The van der Waals surface area contributed by atoms with Crippen molar-refractivity contribution in [3.05, 3.63) is 65.7 Å². The van der Waals surface area contributed by atoms with Gasteiger partial charge in [-0.3, -0.25) is 4.79 Å². The molecule has 1 aliphatic heterocycles. The number of carbonyl (C=O) groups excluding carboxylic acids is 1. The summed E-state index contributed by atoms with van der Waals surface area (Å²) in [5.41, 5.74) is 2.28. The first-order chi connectivity index (χ1) is 12.8. The van der Waals surface area contributed by atoms with E-state index < -0.39 is 0 Å². The summed E-state index contributed by atoms with van der Waals surface area (Å²) >= 11 is 0. The van der Waals surface area contributed by atoms with Gasteiger partial charge >= 0.3 is 0 Å². The molecule has 3 rings (SSSR count). The van der Waals surface area contributed by atoms with Crippen LogP contribution in [0.1, 0.15) is 11.1 Å². The Morgan fingerprint density at radius 3 is 2.42 bits per heavy atom. The minimum absolute atomic E-state index is 0.144. The zero-order valence-electron chi connectivity index (χ0n) is 15.2. The molecule has 0 saturated carbocycles. The summed E-state index contributed by atoms with van der Waals surface area (Å²) in [5.74, 6) is 0.977. The van der Waals surface area contributed by atoms with Crippen LogP contribution in [0.4, 0.5) is 0 Å².